The zero-order valence-electron chi connectivity index (χ0n) is 5.84. The second kappa shape index (κ2) is 5.50. The third-order valence-corrected chi connectivity index (χ3v) is 1.27. The Kier molecular flexibility index (Phi) is 5.35. The monoisotopic (exact) mass is 166 g/mol. The van der Waals surface area contributed by atoms with E-state index in [1.807, 2.05) is 0 Å². The van der Waals surface area contributed by atoms with Crippen molar-refractivity contribution in [3.8, 4) is 0 Å². The SMILES string of the molecule is COC(=O)CCCC(O)Cl. The van der Waals surface area contributed by atoms with Crippen LogP contribution in [0.25, 0.3) is 0 Å². The second-order valence-electron chi connectivity index (χ2n) is 1.90. The van der Waals surface area contributed by atoms with Crippen LogP contribution < -0.4 is 0 Å². The van der Waals surface area contributed by atoms with Gasteiger partial charge < -0.3 is 9.84 Å². The van der Waals surface area contributed by atoms with Gasteiger partial charge in [0.1, 0.15) is 5.56 Å². The standard InChI is InChI=1S/C6H11ClO3/c1-10-6(9)4-2-3-5(7)8/h5,8H,2-4H2,1H3. The van der Waals surface area contributed by atoms with Crippen LogP contribution in [0, 0.1) is 0 Å². The van der Waals surface area contributed by atoms with Crippen molar-refractivity contribution in [1.82, 2.24) is 0 Å². The highest BCUT2D eigenvalue weighted by atomic mass is 35.5. The van der Waals surface area contributed by atoms with Gasteiger partial charge in [0, 0.05) is 6.42 Å². The van der Waals surface area contributed by atoms with Crippen molar-refractivity contribution in [1.29, 1.82) is 0 Å². The Balaban J connectivity index is 3.12. The summed E-state index contributed by atoms with van der Waals surface area (Å²) in [5.41, 5.74) is -0.843. The maximum Gasteiger partial charge on any atom is 0.305 e. The van der Waals surface area contributed by atoms with Crippen LogP contribution in [0.2, 0.25) is 0 Å². The number of methoxy groups -OCH3 is 1. The van der Waals surface area contributed by atoms with Crippen LogP contribution in [-0.2, 0) is 9.53 Å². The second-order valence-corrected chi connectivity index (χ2v) is 2.41. The van der Waals surface area contributed by atoms with Gasteiger partial charge >= 0.3 is 5.97 Å². The summed E-state index contributed by atoms with van der Waals surface area (Å²) in [6, 6.07) is 0. The molecule has 0 bridgehead atoms. The van der Waals surface area contributed by atoms with Crippen LogP contribution >= 0.6 is 11.6 Å². The minimum absolute atomic E-state index is 0.266. The number of carbonyl (C=O) groups excluding carboxylic acids is 1. The highest BCUT2D eigenvalue weighted by Crippen LogP contribution is 2.04. The van der Waals surface area contributed by atoms with Crippen LogP contribution in [0.4, 0.5) is 0 Å². The van der Waals surface area contributed by atoms with Crippen molar-refractivity contribution in [2.24, 2.45) is 0 Å². The van der Waals surface area contributed by atoms with E-state index in [2.05, 4.69) is 4.74 Å². The van der Waals surface area contributed by atoms with Crippen LogP contribution in [-0.4, -0.2) is 23.7 Å². The molecule has 0 saturated heterocycles. The van der Waals surface area contributed by atoms with E-state index in [-0.39, 0.29) is 5.97 Å². The molecule has 0 aliphatic carbocycles. The van der Waals surface area contributed by atoms with E-state index in [4.69, 9.17) is 16.7 Å². The summed E-state index contributed by atoms with van der Waals surface area (Å²) in [5.74, 6) is -0.266. The number of rotatable bonds is 4. The van der Waals surface area contributed by atoms with Gasteiger partial charge in [0.25, 0.3) is 0 Å². The summed E-state index contributed by atoms with van der Waals surface area (Å²) >= 11 is 5.21. The number of aliphatic hydroxyl groups is 1. The minimum Gasteiger partial charge on any atom is -0.469 e. The van der Waals surface area contributed by atoms with Crippen LogP contribution in [0.3, 0.4) is 0 Å². The molecule has 1 N–H and O–H groups in total. The Morgan fingerprint density at radius 2 is 2.40 bits per heavy atom. The predicted molar refractivity (Wildman–Crippen MR) is 37.7 cm³/mol. The molecule has 0 aromatic carbocycles. The zero-order valence-corrected chi connectivity index (χ0v) is 6.60. The van der Waals surface area contributed by atoms with E-state index in [0.29, 0.717) is 19.3 Å². The average Bonchev–Trinajstić information content (AvgIpc) is 1.87. The summed E-state index contributed by atoms with van der Waals surface area (Å²) in [4.78, 5) is 10.4. The predicted octanol–water partition coefficient (Wildman–Crippen LogP) is 0.887. The van der Waals surface area contributed by atoms with Crippen LogP contribution in [0.1, 0.15) is 19.3 Å². The molecule has 1 atom stereocenters. The van der Waals surface area contributed by atoms with E-state index in [1.165, 1.54) is 7.11 Å². The molecule has 4 heteroatoms. The van der Waals surface area contributed by atoms with Crippen LogP contribution in [0.15, 0.2) is 0 Å². The number of hydrogen-bond acceptors (Lipinski definition) is 3. The lowest BCUT2D eigenvalue weighted by Gasteiger charge is -1.99. The Bertz CT molecular complexity index is 103. The fraction of sp³-hybridized carbons (Fsp3) is 0.833. The van der Waals surface area contributed by atoms with Crippen molar-refractivity contribution in [3.05, 3.63) is 0 Å². The molecule has 0 aromatic heterocycles. The molecule has 0 aliphatic rings. The van der Waals surface area contributed by atoms with Crippen LogP contribution in [0.5, 0.6) is 0 Å². The quantitative estimate of drug-likeness (QED) is 0.499. The lowest BCUT2D eigenvalue weighted by molar-refractivity contribution is -0.140. The first-order chi connectivity index (χ1) is 4.66. The summed E-state index contributed by atoms with van der Waals surface area (Å²) in [6.07, 6.45) is 1.31. The Morgan fingerprint density at radius 3 is 2.80 bits per heavy atom. The van der Waals surface area contributed by atoms with Gasteiger partial charge in [-0.3, -0.25) is 4.79 Å². The highest BCUT2D eigenvalue weighted by Gasteiger charge is 2.02. The van der Waals surface area contributed by atoms with E-state index in [1.54, 1.807) is 0 Å². The van der Waals surface area contributed by atoms with Crippen molar-refractivity contribution >= 4 is 17.6 Å². The number of aliphatic hydroxyl groups excluding tert-OH is 1. The van der Waals surface area contributed by atoms with Crippen molar-refractivity contribution in [2.75, 3.05) is 7.11 Å². The van der Waals surface area contributed by atoms with Crippen molar-refractivity contribution < 1.29 is 14.6 Å². The third-order valence-electron chi connectivity index (χ3n) is 1.05. The smallest absolute Gasteiger partial charge is 0.305 e. The number of esters is 1. The van der Waals surface area contributed by atoms with Gasteiger partial charge in [-0.2, -0.15) is 0 Å². The van der Waals surface area contributed by atoms with Gasteiger partial charge in [0.2, 0.25) is 0 Å². The summed E-state index contributed by atoms with van der Waals surface area (Å²) < 4.78 is 4.37. The van der Waals surface area contributed by atoms with Gasteiger partial charge in [-0.25, -0.2) is 0 Å². The third kappa shape index (κ3) is 5.85. The van der Waals surface area contributed by atoms with E-state index >= 15 is 0 Å². The number of hydrogen-bond donors (Lipinski definition) is 1. The van der Waals surface area contributed by atoms with Gasteiger partial charge in [0.05, 0.1) is 7.11 Å². The molecular weight excluding hydrogens is 156 g/mol. The molecule has 0 aliphatic heterocycles. The fourth-order valence-electron chi connectivity index (χ4n) is 0.517. The normalized spacial score (nSPS) is 12.7. The van der Waals surface area contributed by atoms with Gasteiger partial charge in [-0.1, -0.05) is 11.6 Å². The molecule has 0 amide bonds. The van der Waals surface area contributed by atoms with E-state index in [9.17, 15) is 4.79 Å². The zero-order chi connectivity index (χ0) is 7.98. The number of carbonyl (C=O) groups is 1. The summed E-state index contributed by atoms with van der Waals surface area (Å²) in [6.45, 7) is 0. The molecule has 60 valence electrons. The number of halogens is 1. The highest BCUT2D eigenvalue weighted by molar-refractivity contribution is 6.19. The Morgan fingerprint density at radius 1 is 1.80 bits per heavy atom. The molecule has 0 fully saturated rings. The maximum atomic E-state index is 10.4. The molecule has 0 aromatic rings. The number of ether oxygens (including phenoxy) is 1. The first kappa shape index (κ1) is 9.72. The molecule has 0 spiro atoms. The Labute approximate surface area is 64.9 Å². The van der Waals surface area contributed by atoms with E-state index < -0.39 is 5.56 Å². The molecule has 10 heavy (non-hydrogen) atoms. The molecule has 0 radical (unpaired) electrons. The fourth-order valence-corrected chi connectivity index (χ4v) is 0.671. The van der Waals surface area contributed by atoms with Crippen molar-refractivity contribution in [3.63, 3.8) is 0 Å². The van der Waals surface area contributed by atoms with Crippen molar-refractivity contribution in [2.45, 2.75) is 24.8 Å². The largest absolute Gasteiger partial charge is 0.469 e. The lowest BCUT2D eigenvalue weighted by Crippen LogP contribution is -2.02. The lowest BCUT2D eigenvalue weighted by atomic mass is 10.2. The molecular formula is C6H11ClO3. The van der Waals surface area contributed by atoms with Gasteiger partial charge in [0.15, 0.2) is 0 Å². The first-order valence-corrected chi connectivity index (χ1v) is 3.49. The van der Waals surface area contributed by atoms with E-state index in [0.717, 1.165) is 0 Å². The first-order valence-electron chi connectivity index (χ1n) is 3.05. The average molecular weight is 167 g/mol. The summed E-state index contributed by atoms with van der Waals surface area (Å²) in [5, 5.41) is 8.55. The topological polar surface area (TPSA) is 46.5 Å². The Hall–Kier alpha value is -0.280. The number of alkyl halides is 1. The molecule has 0 saturated carbocycles. The van der Waals surface area contributed by atoms with Gasteiger partial charge in [-0.15, -0.1) is 0 Å². The molecule has 0 heterocycles. The molecule has 3 nitrogen and oxygen atoms in total. The molecule has 0 rings (SSSR count). The molecule has 1 unspecified atom stereocenters. The minimum atomic E-state index is -0.843. The maximum absolute atomic E-state index is 10.4. The van der Waals surface area contributed by atoms with Gasteiger partial charge in [-0.05, 0) is 12.8 Å². The summed E-state index contributed by atoms with van der Waals surface area (Å²) in [7, 11) is 1.33.